The van der Waals surface area contributed by atoms with E-state index < -0.39 is 5.97 Å². The number of aromatic carboxylic acids is 1. The summed E-state index contributed by atoms with van der Waals surface area (Å²) >= 11 is 0. The van der Waals surface area contributed by atoms with E-state index in [1.54, 1.807) is 12.1 Å². The van der Waals surface area contributed by atoms with Crippen LogP contribution in [-0.4, -0.2) is 22.1 Å². The van der Waals surface area contributed by atoms with Gasteiger partial charge in [-0.1, -0.05) is 13.8 Å². The SMILES string of the molecule is CC1(C)CCC(Nc2nc3ccc(C(=O)O)cc3o2)CC1. The molecule has 0 unspecified atom stereocenters. The van der Waals surface area contributed by atoms with Crippen molar-refractivity contribution in [2.75, 3.05) is 5.32 Å². The fraction of sp³-hybridized carbons (Fsp3) is 0.500. The van der Waals surface area contributed by atoms with Crippen molar-refractivity contribution in [1.29, 1.82) is 0 Å². The van der Waals surface area contributed by atoms with Crippen molar-refractivity contribution in [2.24, 2.45) is 5.41 Å². The van der Waals surface area contributed by atoms with Gasteiger partial charge in [0.1, 0.15) is 5.52 Å². The summed E-state index contributed by atoms with van der Waals surface area (Å²) in [6.45, 7) is 4.60. The highest BCUT2D eigenvalue weighted by molar-refractivity contribution is 5.92. The van der Waals surface area contributed by atoms with Gasteiger partial charge in [-0.15, -0.1) is 0 Å². The third-order valence-corrected chi connectivity index (χ3v) is 4.30. The first-order valence-electron chi connectivity index (χ1n) is 7.33. The molecule has 0 saturated heterocycles. The number of oxazole rings is 1. The monoisotopic (exact) mass is 288 g/mol. The van der Waals surface area contributed by atoms with Gasteiger partial charge in [0.2, 0.25) is 0 Å². The molecule has 1 aromatic carbocycles. The number of benzene rings is 1. The molecule has 0 bridgehead atoms. The van der Waals surface area contributed by atoms with E-state index in [4.69, 9.17) is 9.52 Å². The maximum atomic E-state index is 11.0. The summed E-state index contributed by atoms with van der Waals surface area (Å²) in [6, 6.07) is 5.60. The van der Waals surface area contributed by atoms with Crippen LogP contribution in [0.15, 0.2) is 22.6 Å². The van der Waals surface area contributed by atoms with Crippen LogP contribution in [0.3, 0.4) is 0 Å². The van der Waals surface area contributed by atoms with Gasteiger partial charge in [0, 0.05) is 6.04 Å². The van der Waals surface area contributed by atoms with E-state index in [1.807, 2.05) is 0 Å². The van der Waals surface area contributed by atoms with Gasteiger partial charge in [0.15, 0.2) is 5.58 Å². The second-order valence-corrected chi connectivity index (χ2v) is 6.59. The van der Waals surface area contributed by atoms with E-state index in [-0.39, 0.29) is 5.56 Å². The van der Waals surface area contributed by atoms with Crippen LogP contribution >= 0.6 is 0 Å². The third-order valence-electron chi connectivity index (χ3n) is 4.30. The van der Waals surface area contributed by atoms with Crippen molar-refractivity contribution in [2.45, 2.75) is 45.6 Å². The summed E-state index contributed by atoms with van der Waals surface area (Å²) in [5, 5.41) is 12.3. The van der Waals surface area contributed by atoms with Crippen LogP contribution in [0, 0.1) is 5.41 Å². The molecule has 1 aromatic heterocycles. The Morgan fingerprint density at radius 2 is 2.10 bits per heavy atom. The molecule has 1 aliphatic carbocycles. The van der Waals surface area contributed by atoms with Crippen LogP contribution in [0.25, 0.3) is 11.1 Å². The molecule has 2 N–H and O–H groups in total. The van der Waals surface area contributed by atoms with Crippen LogP contribution in [0.2, 0.25) is 0 Å². The van der Waals surface area contributed by atoms with Gasteiger partial charge in [0.05, 0.1) is 5.56 Å². The molecule has 0 amide bonds. The molecule has 5 nitrogen and oxygen atoms in total. The highest BCUT2D eigenvalue weighted by Gasteiger charge is 2.27. The van der Waals surface area contributed by atoms with Crippen molar-refractivity contribution in [3.05, 3.63) is 23.8 Å². The van der Waals surface area contributed by atoms with Crippen molar-refractivity contribution in [3.8, 4) is 0 Å². The van der Waals surface area contributed by atoms with Crippen molar-refractivity contribution >= 4 is 23.1 Å². The Kier molecular flexibility index (Phi) is 3.35. The lowest BCUT2D eigenvalue weighted by Crippen LogP contribution is -2.29. The number of aromatic nitrogens is 1. The number of hydrogen-bond donors (Lipinski definition) is 2. The fourth-order valence-corrected chi connectivity index (χ4v) is 2.84. The van der Waals surface area contributed by atoms with Gasteiger partial charge in [-0.3, -0.25) is 0 Å². The number of carboxylic acid groups (broad SMARTS) is 1. The molecule has 0 spiro atoms. The number of carboxylic acids is 1. The molecular formula is C16H20N2O3. The Balaban J connectivity index is 1.74. The van der Waals surface area contributed by atoms with Gasteiger partial charge in [0.25, 0.3) is 6.01 Å². The van der Waals surface area contributed by atoms with E-state index in [1.165, 1.54) is 18.9 Å². The Bertz CT molecular complexity index is 665. The highest BCUT2D eigenvalue weighted by Crippen LogP contribution is 2.36. The number of nitrogens with one attached hydrogen (secondary N) is 1. The maximum absolute atomic E-state index is 11.0. The predicted octanol–water partition coefficient (Wildman–Crippen LogP) is 3.91. The smallest absolute Gasteiger partial charge is 0.335 e. The van der Waals surface area contributed by atoms with Crippen LogP contribution < -0.4 is 5.32 Å². The molecule has 1 fully saturated rings. The first-order valence-corrected chi connectivity index (χ1v) is 7.33. The molecule has 0 radical (unpaired) electrons. The zero-order valence-corrected chi connectivity index (χ0v) is 12.3. The lowest BCUT2D eigenvalue weighted by molar-refractivity contribution is 0.0697. The van der Waals surface area contributed by atoms with Crippen molar-refractivity contribution < 1.29 is 14.3 Å². The topological polar surface area (TPSA) is 75.4 Å². The molecule has 1 aliphatic rings. The van der Waals surface area contributed by atoms with Crippen LogP contribution in [-0.2, 0) is 0 Å². The van der Waals surface area contributed by atoms with Crippen LogP contribution in [0.5, 0.6) is 0 Å². The Hall–Kier alpha value is -2.04. The number of anilines is 1. The average molecular weight is 288 g/mol. The van der Waals surface area contributed by atoms with E-state index in [2.05, 4.69) is 24.1 Å². The largest absolute Gasteiger partial charge is 0.478 e. The molecule has 3 rings (SSSR count). The zero-order chi connectivity index (χ0) is 15.0. The molecule has 1 saturated carbocycles. The number of carbonyl (C=O) groups is 1. The van der Waals surface area contributed by atoms with E-state index in [0.717, 1.165) is 12.8 Å². The lowest BCUT2D eigenvalue weighted by Gasteiger charge is -2.34. The van der Waals surface area contributed by atoms with E-state index >= 15 is 0 Å². The number of hydrogen-bond acceptors (Lipinski definition) is 4. The minimum absolute atomic E-state index is 0.213. The van der Waals surface area contributed by atoms with Gasteiger partial charge < -0.3 is 14.8 Å². The fourth-order valence-electron chi connectivity index (χ4n) is 2.84. The zero-order valence-electron chi connectivity index (χ0n) is 12.3. The number of nitrogens with zero attached hydrogens (tertiary/aromatic N) is 1. The van der Waals surface area contributed by atoms with Crippen LogP contribution in [0.1, 0.15) is 49.9 Å². The minimum atomic E-state index is -0.961. The van der Waals surface area contributed by atoms with Crippen LogP contribution in [0.4, 0.5) is 6.01 Å². The van der Waals surface area contributed by atoms with Gasteiger partial charge in [-0.05, 0) is 49.3 Å². The first kappa shape index (κ1) is 13.9. The normalized spacial score (nSPS) is 18.8. The van der Waals surface area contributed by atoms with Gasteiger partial charge >= 0.3 is 5.97 Å². The highest BCUT2D eigenvalue weighted by atomic mass is 16.4. The molecule has 5 heteroatoms. The average Bonchev–Trinajstić information content (AvgIpc) is 2.82. The van der Waals surface area contributed by atoms with Gasteiger partial charge in [-0.25, -0.2) is 4.79 Å². The molecule has 0 atom stereocenters. The molecule has 0 aliphatic heterocycles. The summed E-state index contributed by atoms with van der Waals surface area (Å²) in [4.78, 5) is 15.3. The number of rotatable bonds is 3. The minimum Gasteiger partial charge on any atom is -0.478 e. The summed E-state index contributed by atoms with van der Waals surface area (Å²) in [6.07, 6.45) is 4.58. The van der Waals surface area contributed by atoms with Gasteiger partial charge in [-0.2, -0.15) is 4.98 Å². The standard InChI is InChI=1S/C16H20N2O3/c1-16(2)7-5-11(6-8-16)17-15-18-12-4-3-10(14(19)20)9-13(12)21-15/h3-4,9,11H,5-8H2,1-2H3,(H,17,18)(H,19,20). The summed E-state index contributed by atoms with van der Waals surface area (Å²) in [7, 11) is 0. The second-order valence-electron chi connectivity index (χ2n) is 6.59. The molecule has 21 heavy (non-hydrogen) atoms. The Morgan fingerprint density at radius 3 is 2.76 bits per heavy atom. The summed E-state index contributed by atoms with van der Waals surface area (Å²) in [5.74, 6) is -0.961. The summed E-state index contributed by atoms with van der Waals surface area (Å²) < 4.78 is 5.63. The van der Waals surface area contributed by atoms with Crippen molar-refractivity contribution in [3.63, 3.8) is 0 Å². The number of fused-ring (bicyclic) bond motifs is 1. The Morgan fingerprint density at radius 1 is 1.38 bits per heavy atom. The predicted molar refractivity (Wildman–Crippen MR) is 80.6 cm³/mol. The van der Waals surface area contributed by atoms with E-state index in [0.29, 0.717) is 28.6 Å². The molecule has 112 valence electrons. The maximum Gasteiger partial charge on any atom is 0.335 e. The third kappa shape index (κ3) is 3.01. The van der Waals surface area contributed by atoms with Crippen molar-refractivity contribution in [1.82, 2.24) is 4.98 Å². The quantitative estimate of drug-likeness (QED) is 0.895. The van der Waals surface area contributed by atoms with E-state index in [9.17, 15) is 4.79 Å². The Labute approximate surface area is 123 Å². The molecule has 1 heterocycles. The first-order chi connectivity index (χ1) is 9.93. The molecular weight excluding hydrogens is 268 g/mol. The molecule has 2 aromatic rings. The second kappa shape index (κ2) is 5.06. The lowest BCUT2D eigenvalue weighted by atomic mass is 9.76. The summed E-state index contributed by atoms with van der Waals surface area (Å²) in [5.41, 5.74) is 1.83.